The van der Waals surface area contributed by atoms with Gasteiger partial charge in [-0.15, -0.1) is 0 Å². The molecular formula is C14H19F2NO. The van der Waals surface area contributed by atoms with E-state index in [4.69, 9.17) is 4.74 Å². The van der Waals surface area contributed by atoms with Gasteiger partial charge in [-0.3, -0.25) is 0 Å². The fourth-order valence-corrected chi connectivity index (χ4v) is 2.27. The molecule has 1 N–H and O–H groups in total. The molecule has 100 valence electrons. The number of rotatable bonds is 5. The van der Waals surface area contributed by atoms with Gasteiger partial charge >= 0.3 is 0 Å². The Morgan fingerprint density at radius 3 is 2.39 bits per heavy atom. The van der Waals surface area contributed by atoms with Crippen molar-refractivity contribution in [3.63, 3.8) is 0 Å². The van der Waals surface area contributed by atoms with E-state index in [1.54, 1.807) is 0 Å². The second-order valence-electron chi connectivity index (χ2n) is 4.69. The van der Waals surface area contributed by atoms with E-state index in [-0.39, 0.29) is 11.9 Å². The summed E-state index contributed by atoms with van der Waals surface area (Å²) in [6, 6.07) is 2.69. The molecule has 0 aliphatic heterocycles. The fourth-order valence-electron chi connectivity index (χ4n) is 2.27. The van der Waals surface area contributed by atoms with Gasteiger partial charge in [0.05, 0.1) is 6.10 Å². The summed E-state index contributed by atoms with van der Waals surface area (Å²) in [4.78, 5) is 0. The van der Waals surface area contributed by atoms with E-state index < -0.39 is 11.6 Å². The van der Waals surface area contributed by atoms with E-state index in [0.717, 1.165) is 32.2 Å². The summed E-state index contributed by atoms with van der Waals surface area (Å²) >= 11 is 0. The van der Waals surface area contributed by atoms with Crippen LogP contribution in [0.3, 0.4) is 0 Å². The number of hydrogen-bond acceptors (Lipinski definition) is 2. The maximum absolute atomic E-state index is 13.8. The van der Waals surface area contributed by atoms with Crippen LogP contribution < -0.4 is 10.1 Å². The Labute approximate surface area is 106 Å². The standard InChI is InChI=1S/C14H19F2NO/c1-2-17-9-10-7-12(15)14(13(16)8-10)18-11-5-3-4-6-11/h7-8,11,17H,2-6,9H2,1H3. The van der Waals surface area contributed by atoms with E-state index in [1.807, 2.05) is 6.92 Å². The van der Waals surface area contributed by atoms with Crippen LogP contribution in [0.2, 0.25) is 0 Å². The van der Waals surface area contributed by atoms with Crippen molar-refractivity contribution in [1.82, 2.24) is 5.32 Å². The first-order valence-electron chi connectivity index (χ1n) is 6.56. The van der Waals surface area contributed by atoms with Gasteiger partial charge in [0.1, 0.15) is 0 Å². The van der Waals surface area contributed by atoms with Crippen molar-refractivity contribution in [2.24, 2.45) is 0 Å². The number of halogens is 2. The van der Waals surface area contributed by atoms with E-state index in [9.17, 15) is 8.78 Å². The van der Waals surface area contributed by atoms with Crippen molar-refractivity contribution in [2.45, 2.75) is 45.3 Å². The normalized spacial score (nSPS) is 16.2. The molecule has 1 fully saturated rings. The zero-order valence-corrected chi connectivity index (χ0v) is 10.6. The van der Waals surface area contributed by atoms with Crippen LogP contribution in [0.5, 0.6) is 5.75 Å². The SMILES string of the molecule is CCNCc1cc(F)c(OC2CCCC2)c(F)c1. The second-order valence-corrected chi connectivity index (χ2v) is 4.69. The Bertz CT molecular complexity index is 380. The van der Waals surface area contributed by atoms with Gasteiger partial charge in [-0.25, -0.2) is 8.78 Å². The summed E-state index contributed by atoms with van der Waals surface area (Å²) < 4.78 is 33.0. The Kier molecular flexibility index (Phi) is 4.53. The predicted molar refractivity (Wildman–Crippen MR) is 66.6 cm³/mol. The lowest BCUT2D eigenvalue weighted by molar-refractivity contribution is 0.191. The monoisotopic (exact) mass is 255 g/mol. The average Bonchev–Trinajstić information content (AvgIpc) is 2.84. The van der Waals surface area contributed by atoms with Gasteiger partial charge in [0, 0.05) is 6.54 Å². The first-order chi connectivity index (χ1) is 8.70. The molecule has 2 nitrogen and oxygen atoms in total. The van der Waals surface area contributed by atoms with Gasteiger partial charge in [0.25, 0.3) is 0 Å². The number of hydrogen-bond donors (Lipinski definition) is 1. The summed E-state index contributed by atoms with van der Waals surface area (Å²) in [5.41, 5.74) is 0.602. The van der Waals surface area contributed by atoms with Crippen molar-refractivity contribution in [3.8, 4) is 5.75 Å². The summed E-state index contributed by atoms with van der Waals surface area (Å²) in [6.07, 6.45) is 3.89. The molecule has 1 aliphatic rings. The fraction of sp³-hybridized carbons (Fsp3) is 0.571. The lowest BCUT2D eigenvalue weighted by atomic mass is 10.2. The molecule has 0 saturated heterocycles. The minimum absolute atomic E-state index is 0.0337. The smallest absolute Gasteiger partial charge is 0.191 e. The van der Waals surface area contributed by atoms with Crippen LogP contribution in [0.1, 0.15) is 38.2 Å². The number of ether oxygens (including phenoxy) is 1. The van der Waals surface area contributed by atoms with Crippen LogP contribution in [0.15, 0.2) is 12.1 Å². The lowest BCUT2D eigenvalue weighted by Gasteiger charge is -2.15. The predicted octanol–water partition coefficient (Wildman–Crippen LogP) is 3.40. The van der Waals surface area contributed by atoms with E-state index >= 15 is 0 Å². The molecule has 1 aromatic rings. The number of nitrogens with one attached hydrogen (secondary N) is 1. The van der Waals surface area contributed by atoms with Crippen LogP contribution in [0.4, 0.5) is 8.78 Å². The number of benzene rings is 1. The Morgan fingerprint density at radius 1 is 1.22 bits per heavy atom. The quantitative estimate of drug-likeness (QED) is 0.870. The van der Waals surface area contributed by atoms with Crippen LogP contribution in [-0.2, 0) is 6.54 Å². The molecular weight excluding hydrogens is 236 g/mol. The van der Waals surface area contributed by atoms with Crippen molar-refractivity contribution in [1.29, 1.82) is 0 Å². The first kappa shape index (κ1) is 13.3. The van der Waals surface area contributed by atoms with Crippen molar-refractivity contribution in [3.05, 3.63) is 29.3 Å². The van der Waals surface area contributed by atoms with Crippen LogP contribution in [-0.4, -0.2) is 12.6 Å². The summed E-state index contributed by atoms with van der Waals surface area (Å²) in [6.45, 7) is 3.18. The average molecular weight is 255 g/mol. The van der Waals surface area contributed by atoms with Gasteiger partial charge in [0.2, 0.25) is 0 Å². The minimum atomic E-state index is -0.602. The third kappa shape index (κ3) is 3.19. The van der Waals surface area contributed by atoms with Crippen molar-refractivity contribution in [2.75, 3.05) is 6.54 Å². The molecule has 18 heavy (non-hydrogen) atoms. The van der Waals surface area contributed by atoms with Gasteiger partial charge in [-0.1, -0.05) is 6.92 Å². The summed E-state index contributed by atoms with van der Waals surface area (Å²) in [7, 11) is 0. The van der Waals surface area contributed by atoms with E-state index in [1.165, 1.54) is 12.1 Å². The molecule has 0 atom stereocenters. The molecule has 0 amide bonds. The summed E-state index contributed by atoms with van der Waals surface area (Å²) in [5.74, 6) is -1.42. The van der Waals surface area contributed by atoms with Crippen LogP contribution in [0.25, 0.3) is 0 Å². The molecule has 0 heterocycles. The Hall–Kier alpha value is -1.16. The molecule has 0 bridgehead atoms. The van der Waals surface area contributed by atoms with Gasteiger partial charge < -0.3 is 10.1 Å². The highest BCUT2D eigenvalue weighted by Gasteiger charge is 2.21. The van der Waals surface area contributed by atoms with E-state index in [0.29, 0.717) is 12.1 Å². The highest BCUT2D eigenvalue weighted by molar-refractivity contribution is 5.31. The molecule has 0 unspecified atom stereocenters. The Morgan fingerprint density at radius 2 is 1.83 bits per heavy atom. The van der Waals surface area contributed by atoms with Gasteiger partial charge in [0.15, 0.2) is 17.4 Å². The van der Waals surface area contributed by atoms with Crippen LogP contribution in [0, 0.1) is 11.6 Å². The van der Waals surface area contributed by atoms with E-state index in [2.05, 4.69) is 5.32 Å². The molecule has 1 saturated carbocycles. The minimum Gasteiger partial charge on any atom is -0.484 e. The lowest BCUT2D eigenvalue weighted by Crippen LogP contribution is -2.15. The molecule has 0 radical (unpaired) electrons. The maximum Gasteiger partial charge on any atom is 0.191 e. The third-order valence-electron chi connectivity index (χ3n) is 3.22. The first-order valence-corrected chi connectivity index (χ1v) is 6.56. The molecule has 0 spiro atoms. The largest absolute Gasteiger partial charge is 0.484 e. The second kappa shape index (κ2) is 6.14. The highest BCUT2D eigenvalue weighted by Crippen LogP contribution is 2.29. The molecule has 4 heteroatoms. The Balaban J connectivity index is 2.10. The van der Waals surface area contributed by atoms with Gasteiger partial charge in [-0.2, -0.15) is 0 Å². The molecule has 2 rings (SSSR count). The topological polar surface area (TPSA) is 21.3 Å². The molecule has 1 aliphatic carbocycles. The van der Waals surface area contributed by atoms with Gasteiger partial charge in [-0.05, 0) is 49.9 Å². The van der Waals surface area contributed by atoms with Crippen molar-refractivity contribution < 1.29 is 13.5 Å². The molecule has 0 aromatic heterocycles. The highest BCUT2D eigenvalue weighted by atomic mass is 19.1. The van der Waals surface area contributed by atoms with Crippen LogP contribution >= 0.6 is 0 Å². The summed E-state index contributed by atoms with van der Waals surface area (Å²) in [5, 5.41) is 3.04. The third-order valence-corrected chi connectivity index (χ3v) is 3.22. The molecule has 1 aromatic carbocycles. The van der Waals surface area contributed by atoms with Crippen molar-refractivity contribution >= 4 is 0 Å². The maximum atomic E-state index is 13.8. The zero-order chi connectivity index (χ0) is 13.0. The zero-order valence-electron chi connectivity index (χ0n) is 10.6.